The average Bonchev–Trinajstić information content (AvgIpc) is 3.67. The van der Waals surface area contributed by atoms with E-state index in [2.05, 4.69) is 70.7 Å². The third kappa shape index (κ3) is 5.84. The summed E-state index contributed by atoms with van der Waals surface area (Å²) >= 11 is 0. The Kier molecular flexibility index (Phi) is 7.84. The second-order valence-electron chi connectivity index (χ2n) is 13.4. The molecule has 4 aromatic carbocycles. The van der Waals surface area contributed by atoms with E-state index < -0.39 is 0 Å². The van der Waals surface area contributed by atoms with Crippen molar-refractivity contribution < 1.29 is 14.2 Å². The van der Waals surface area contributed by atoms with E-state index in [1.807, 2.05) is 18.7 Å². The van der Waals surface area contributed by atoms with E-state index >= 15 is 0 Å². The first-order valence-corrected chi connectivity index (χ1v) is 16.9. The first-order chi connectivity index (χ1) is 23.0. The number of imidazole rings is 2. The molecule has 2 heterocycles. The Morgan fingerprint density at radius 3 is 1.91 bits per heavy atom. The van der Waals surface area contributed by atoms with Crippen LogP contribution >= 0.6 is 0 Å². The Labute approximate surface area is 276 Å². The number of ether oxygens (including phenoxy) is 3. The Hall–Kier alpha value is -4.78. The van der Waals surface area contributed by atoms with E-state index in [0.29, 0.717) is 12.5 Å². The molecule has 0 spiro atoms. The molecule has 7 heteroatoms. The van der Waals surface area contributed by atoms with Crippen molar-refractivity contribution in [2.45, 2.75) is 65.0 Å². The fourth-order valence-corrected chi connectivity index (χ4v) is 7.64. The highest BCUT2D eigenvalue weighted by atomic mass is 16.5. The first kappa shape index (κ1) is 29.6. The van der Waals surface area contributed by atoms with Crippen LogP contribution in [0, 0.1) is 12.8 Å². The van der Waals surface area contributed by atoms with Gasteiger partial charge in [-0.3, -0.25) is 0 Å². The van der Waals surface area contributed by atoms with Crippen LogP contribution in [-0.4, -0.2) is 39.9 Å². The maximum Gasteiger partial charge on any atom is 0.161 e. The van der Waals surface area contributed by atoms with E-state index in [4.69, 9.17) is 24.2 Å². The van der Waals surface area contributed by atoms with E-state index in [9.17, 15) is 0 Å². The van der Waals surface area contributed by atoms with Crippen LogP contribution < -0.4 is 14.2 Å². The third-order valence-corrected chi connectivity index (χ3v) is 10.2. The lowest BCUT2D eigenvalue weighted by Crippen LogP contribution is -2.21. The van der Waals surface area contributed by atoms with Crippen molar-refractivity contribution in [3.8, 4) is 17.2 Å². The summed E-state index contributed by atoms with van der Waals surface area (Å²) < 4.78 is 22.2. The zero-order valence-electron chi connectivity index (χ0n) is 27.6. The van der Waals surface area contributed by atoms with Crippen molar-refractivity contribution in [1.82, 2.24) is 19.1 Å². The first-order valence-electron chi connectivity index (χ1n) is 16.9. The number of nitrogens with zero attached hydrogens (tertiary/aromatic N) is 4. The molecular formula is C40H42N4O3. The summed E-state index contributed by atoms with van der Waals surface area (Å²) in [5.41, 5.74) is 13.9. The van der Waals surface area contributed by atoms with Crippen molar-refractivity contribution >= 4 is 22.1 Å². The van der Waals surface area contributed by atoms with Gasteiger partial charge in [0.25, 0.3) is 0 Å². The van der Waals surface area contributed by atoms with Gasteiger partial charge >= 0.3 is 0 Å². The molecule has 240 valence electrons. The molecular weight excluding hydrogens is 584 g/mol. The fraction of sp³-hybridized carbons (Fsp3) is 0.350. The van der Waals surface area contributed by atoms with Crippen LogP contribution in [0.5, 0.6) is 17.2 Å². The lowest BCUT2D eigenvalue weighted by Gasteiger charge is -2.25. The molecule has 0 aliphatic heterocycles. The average molecular weight is 627 g/mol. The van der Waals surface area contributed by atoms with Gasteiger partial charge in [-0.05, 0) is 139 Å². The molecule has 1 atom stereocenters. The molecule has 1 unspecified atom stereocenters. The molecule has 6 aromatic rings. The number of rotatable bonds is 9. The Morgan fingerprint density at radius 2 is 1.26 bits per heavy atom. The van der Waals surface area contributed by atoms with Gasteiger partial charge in [-0.1, -0.05) is 18.2 Å². The zero-order valence-corrected chi connectivity index (χ0v) is 27.6. The highest BCUT2D eigenvalue weighted by Gasteiger charge is 2.22. The van der Waals surface area contributed by atoms with E-state index in [1.54, 1.807) is 14.2 Å². The molecule has 2 aliphatic carbocycles. The van der Waals surface area contributed by atoms with Crippen molar-refractivity contribution in [2.75, 3.05) is 20.8 Å². The molecule has 8 rings (SSSR count). The van der Waals surface area contributed by atoms with Crippen molar-refractivity contribution in [3.63, 3.8) is 0 Å². The normalized spacial score (nSPS) is 15.9. The largest absolute Gasteiger partial charge is 0.496 e. The van der Waals surface area contributed by atoms with Crippen LogP contribution in [0.25, 0.3) is 22.1 Å². The summed E-state index contributed by atoms with van der Waals surface area (Å²) in [6.07, 6.45) is 12.0. The molecule has 0 amide bonds. The summed E-state index contributed by atoms with van der Waals surface area (Å²) in [5.74, 6) is 2.93. The van der Waals surface area contributed by atoms with Gasteiger partial charge in [0, 0.05) is 13.1 Å². The maximum absolute atomic E-state index is 6.44. The summed E-state index contributed by atoms with van der Waals surface area (Å²) in [7, 11) is 3.44. The number of aryl methyl sites for hydroxylation is 4. The van der Waals surface area contributed by atoms with Gasteiger partial charge in [-0.15, -0.1) is 0 Å². The van der Waals surface area contributed by atoms with Crippen LogP contribution in [0.3, 0.4) is 0 Å². The molecule has 0 saturated heterocycles. The van der Waals surface area contributed by atoms with Crippen LogP contribution in [0.4, 0.5) is 0 Å². The number of hydrogen-bond donors (Lipinski definition) is 0. The van der Waals surface area contributed by atoms with Crippen LogP contribution in [0.1, 0.15) is 58.2 Å². The smallest absolute Gasteiger partial charge is 0.161 e. The van der Waals surface area contributed by atoms with Crippen LogP contribution in [0.15, 0.2) is 73.3 Å². The minimum Gasteiger partial charge on any atom is -0.496 e. The van der Waals surface area contributed by atoms with E-state index in [1.165, 1.54) is 70.1 Å². The number of benzene rings is 4. The molecule has 0 fully saturated rings. The number of hydrogen-bond acceptors (Lipinski definition) is 5. The van der Waals surface area contributed by atoms with Crippen molar-refractivity contribution in [2.24, 2.45) is 5.92 Å². The monoisotopic (exact) mass is 626 g/mol. The van der Waals surface area contributed by atoms with Gasteiger partial charge in [-0.2, -0.15) is 0 Å². The summed E-state index contributed by atoms with van der Waals surface area (Å²) in [6.45, 7) is 4.27. The lowest BCUT2D eigenvalue weighted by molar-refractivity contribution is 0.225. The van der Waals surface area contributed by atoms with Gasteiger partial charge in [0.1, 0.15) is 5.75 Å². The molecule has 0 N–H and O–H groups in total. The Balaban J connectivity index is 0.946. The fourth-order valence-electron chi connectivity index (χ4n) is 7.64. The van der Waals surface area contributed by atoms with Crippen molar-refractivity contribution in [3.05, 3.63) is 112 Å². The Morgan fingerprint density at radius 1 is 0.660 bits per heavy atom. The molecule has 7 nitrogen and oxygen atoms in total. The predicted octanol–water partition coefficient (Wildman–Crippen LogP) is 7.87. The minimum atomic E-state index is 0.438. The SMILES string of the molecule is COc1ccc(Cn2cnc3cc4c(cc32)CC(COc2ccc(Cn3cnc5cc6c(cc53)CCCC6)cc2OC)CC4)cc1C. The zero-order chi connectivity index (χ0) is 31.9. The van der Waals surface area contributed by atoms with E-state index in [0.717, 1.165) is 66.2 Å². The summed E-state index contributed by atoms with van der Waals surface area (Å²) in [5, 5.41) is 0. The second-order valence-corrected chi connectivity index (χ2v) is 13.4. The number of methoxy groups -OCH3 is 2. The van der Waals surface area contributed by atoms with E-state index in [-0.39, 0.29) is 0 Å². The van der Waals surface area contributed by atoms with Gasteiger partial charge in [0.2, 0.25) is 0 Å². The summed E-state index contributed by atoms with van der Waals surface area (Å²) in [6, 6.07) is 22.0. The molecule has 2 aromatic heterocycles. The highest BCUT2D eigenvalue weighted by Crippen LogP contribution is 2.34. The molecule has 47 heavy (non-hydrogen) atoms. The van der Waals surface area contributed by atoms with Crippen LogP contribution in [0.2, 0.25) is 0 Å². The topological polar surface area (TPSA) is 63.3 Å². The van der Waals surface area contributed by atoms with Gasteiger partial charge in [0.15, 0.2) is 11.5 Å². The predicted molar refractivity (Wildman–Crippen MR) is 186 cm³/mol. The maximum atomic E-state index is 6.44. The second kappa shape index (κ2) is 12.4. The quantitative estimate of drug-likeness (QED) is 0.163. The molecule has 0 radical (unpaired) electrons. The number of fused-ring (bicyclic) bond motifs is 4. The van der Waals surface area contributed by atoms with Gasteiger partial charge in [0.05, 0.1) is 55.5 Å². The minimum absolute atomic E-state index is 0.438. The third-order valence-electron chi connectivity index (χ3n) is 10.2. The number of aromatic nitrogens is 4. The van der Waals surface area contributed by atoms with Gasteiger partial charge in [-0.25, -0.2) is 9.97 Å². The summed E-state index contributed by atoms with van der Waals surface area (Å²) in [4.78, 5) is 9.47. The molecule has 2 aliphatic rings. The van der Waals surface area contributed by atoms with Crippen LogP contribution in [-0.2, 0) is 38.8 Å². The Bertz CT molecular complexity index is 2090. The highest BCUT2D eigenvalue weighted by molar-refractivity contribution is 5.78. The lowest BCUT2D eigenvalue weighted by atomic mass is 9.84. The van der Waals surface area contributed by atoms with Gasteiger partial charge < -0.3 is 23.3 Å². The van der Waals surface area contributed by atoms with Crippen molar-refractivity contribution in [1.29, 1.82) is 0 Å². The molecule has 0 saturated carbocycles. The molecule has 0 bridgehead atoms. The standard InChI is InChI=1S/C40H42N4O3/c1-26-14-27(9-12-38(26)45-2)21-43-24-42-35-18-32-11-8-29(15-33(32)20-37(35)43)23-47-39-13-10-28(16-40(39)46-3)22-44-25-41-34-17-30-6-4-5-7-31(30)19-36(34)44/h9-10,12-14,16-20,24-25,29H,4-8,11,15,21-23H2,1-3H3.